The number of aryl methyl sites for hydroxylation is 1. The predicted molar refractivity (Wildman–Crippen MR) is 127 cm³/mol. The third kappa shape index (κ3) is 4.14. The molecule has 1 aliphatic carbocycles. The number of thioether (sulfide) groups is 1. The van der Waals surface area contributed by atoms with Crippen LogP contribution < -0.4 is 5.32 Å². The van der Waals surface area contributed by atoms with Crippen LogP contribution in [0.15, 0.2) is 40.4 Å². The van der Waals surface area contributed by atoms with Crippen LogP contribution in [-0.2, 0) is 15.0 Å². The maximum Gasteiger partial charge on any atom is 0.290 e. The number of fused-ring (bicyclic) bond motifs is 1. The Labute approximate surface area is 190 Å². The molecule has 0 bridgehead atoms. The Morgan fingerprint density at radius 2 is 1.94 bits per heavy atom. The van der Waals surface area contributed by atoms with E-state index < -0.39 is 0 Å². The zero-order valence-corrected chi connectivity index (χ0v) is 19.4. The van der Waals surface area contributed by atoms with E-state index in [9.17, 15) is 9.59 Å². The third-order valence-electron chi connectivity index (χ3n) is 5.81. The molecule has 0 unspecified atom stereocenters. The fourth-order valence-corrected chi connectivity index (χ4v) is 5.02. The van der Waals surface area contributed by atoms with Crippen LogP contribution in [0, 0.1) is 6.92 Å². The molecule has 0 atom stereocenters. The molecule has 0 radical (unpaired) electrons. The Morgan fingerprint density at radius 3 is 2.61 bits per heavy atom. The molecule has 31 heavy (non-hydrogen) atoms. The summed E-state index contributed by atoms with van der Waals surface area (Å²) < 4.78 is 0. The van der Waals surface area contributed by atoms with Crippen molar-refractivity contribution in [3.8, 4) is 11.1 Å². The lowest BCUT2D eigenvalue weighted by Crippen LogP contribution is -2.28. The number of halogens is 1. The number of oxime groups is 1. The van der Waals surface area contributed by atoms with Gasteiger partial charge in [0.05, 0.1) is 10.6 Å². The Morgan fingerprint density at radius 1 is 1.16 bits per heavy atom. The van der Waals surface area contributed by atoms with Gasteiger partial charge in [0, 0.05) is 16.1 Å². The summed E-state index contributed by atoms with van der Waals surface area (Å²) in [6.45, 7) is 6.58. The highest BCUT2D eigenvalue weighted by molar-refractivity contribution is 8.18. The normalized spacial score (nSPS) is 20.2. The highest BCUT2D eigenvalue weighted by Crippen LogP contribution is 2.42. The van der Waals surface area contributed by atoms with Gasteiger partial charge in [0.2, 0.25) is 0 Å². The van der Waals surface area contributed by atoms with Gasteiger partial charge in [0.15, 0.2) is 0 Å². The summed E-state index contributed by atoms with van der Waals surface area (Å²) in [5, 5.41) is 6.81. The van der Waals surface area contributed by atoms with Gasteiger partial charge in [0.25, 0.3) is 11.1 Å². The summed E-state index contributed by atoms with van der Waals surface area (Å²) in [7, 11) is 1.57. The Hall–Kier alpha value is -2.57. The van der Waals surface area contributed by atoms with Crippen LogP contribution in [0.5, 0.6) is 0 Å². The molecule has 2 amide bonds. The molecule has 0 spiro atoms. The van der Waals surface area contributed by atoms with Gasteiger partial charge in [-0.05, 0) is 83.5 Å². The second-order valence-corrected chi connectivity index (χ2v) is 9.83. The highest BCUT2D eigenvalue weighted by atomic mass is 35.5. The molecule has 2 aromatic carbocycles. The van der Waals surface area contributed by atoms with Gasteiger partial charge in [0.1, 0.15) is 7.11 Å². The SMILES string of the molecule is CON=C1CCC(C)(C)c2cc(C)c(-c3cc(C=C4SC(=O)NC4=O)ccc3Cl)cc21. The van der Waals surface area contributed by atoms with Crippen molar-refractivity contribution in [1.29, 1.82) is 0 Å². The summed E-state index contributed by atoms with van der Waals surface area (Å²) in [5.74, 6) is -0.376. The van der Waals surface area contributed by atoms with Gasteiger partial charge < -0.3 is 4.84 Å². The molecule has 0 aromatic heterocycles. The monoisotopic (exact) mass is 454 g/mol. The lowest BCUT2D eigenvalue weighted by Gasteiger charge is -2.34. The van der Waals surface area contributed by atoms with Gasteiger partial charge >= 0.3 is 0 Å². The van der Waals surface area contributed by atoms with E-state index in [0.717, 1.165) is 58.1 Å². The van der Waals surface area contributed by atoms with Gasteiger partial charge in [-0.15, -0.1) is 0 Å². The molecule has 5 nitrogen and oxygen atoms in total. The first kappa shape index (κ1) is 21.7. The van der Waals surface area contributed by atoms with Gasteiger partial charge in [-0.3, -0.25) is 14.9 Å². The minimum atomic E-state index is -0.376. The summed E-state index contributed by atoms with van der Waals surface area (Å²) in [4.78, 5) is 28.9. The zero-order chi connectivity index (χ0) is 22.3. The van der Waals surface area contributed by atoms with E-state index in [4.69, 9.17) is 16.4 Å². The average Bonchev–Trinajstić information content (AvgIpc) is 3.02. The first-order chi connectivity index (χ1) is 14.7. The summed E-state index contributed by atoms with van der Waals surface area (Å²) in [6.07, 6.45) is 3.55. The van der Waals surface area contributed by atoms with E-state index in [2.05, 4.69) is 43.4 Å². The van der Waals surface area contributed by atoms with Crippen molar-refractivity contribution in [1.82, 2.24) is 5.32 Å². The number of benzene rings is 2. The van der Waals surface area contributed by atoms with Crippen LogP contribution in [0.1, 0.15) is 48.9 Å². The molecular formula is C24H23ClN2O3S. The van der Waals surface area contributed by atoms with E-state index in [1.54, 1.807) is 13.2 Å². The van der Waals surface area contributed by atoms with Crippen molar-refractivity contribution in [3.63, 3.8) is 0 Å². The number of hydrogen-bond acceptors (Lipinski definition) is 5. The molecule has 1 heterocycles. The Balaban J connectivity index is 1.84. The fraction of sp³-hybridized carbons (Fsp3) is 0.292. The predicted octanol–water partition coefficient (Wildman–Crippen LogP) is 6.06. The second-order valence-electron chi connectivity index (χ2n) is 8.41. The van der Waals surface area contributed by atoms with Crippen LogP contribution in [0.2, 0.25) is 5.02 Å². The van der Waals surface area contributed by atoms with Crippen molar-refractivity contribution < 1.29 is 14.4 Å². The number of hydrogen-bond donors (Lipinski definition) is 1. The summed E-state index contributed by atoms with van der Waals surface area (Å²) >= 11 is 7.49. The first-order valence-electron chi connectivity index (χ1n) is 10.00. The molecule has 0 saturated carbocycles. The maximum atomic E-state index is 11.9. The van der Waals surface area contributed by atoms with Gasteiger partial charge in [-0.25, -0.2) is 0 Å². The van der Waals surface area contributed by atoms with E-state index in [1.165, 1.54) is 5.56 Å². The van der Waals surface area contributed by atoms with Crippen LogP contribution in [0.25, 0.3) is 17.2 Å². The first-order valence-corrected chi connectivity index (χ1v) is 11.2. The topological polar surface area (TPSA) is 67.8 Å². The maximum absolute atomic E-state index is 11.9. The van der Waals surface area contributed by atoms with Crippen LogP contribution in [0.3, 0.4) is 0 Å². The van der Waals surface area contributed by atoms with Crippen LogP contribution >= 0.6 is 23.4 Å². The van der Waals surface area contributed by atoms with Crippen LogP contribution in [-0.4, -0.2) is 24.0 Å². The Kier molecular flexibility index (Phi) is 5.71. The molecule has 2 aliphatic rings. The van der Waals surface area contributed by atoms with Gasteiger partial charge in [-0.2, -0.15) is 0 Å². The minimum Gasteiger partial charge on any atom is -0.399 e. The lowest BCUT2D eigenvalue weighted by molar-refractivity contribution is -0.115. The quantitative estimate of drug-likeness (QED) is 0.452. The number of rotatable bonds is 3. The lowest BCUT2D eigenvalue weighted by atomic mass is 9.71. The summed E-state index contributed by atoms with van der Waals surface area (Å²) in [5.41, 5.74) is 7.09. The standard InChI is InChI=1S/C24H23ClN2O3S/c1-13-9-18-17(20(27-30-4)7-8-24(18,2)3)12-15(13)16-10-14(5-6-19(16)25)11-21-22(28)26-23(29)31-21/h5-6,9-12H,7-8H2,1-4H3,(H,26,28,29). The molecule has 1 saturated heterocycles. The molecule has 2 aromatic rings. The van der Waals surface area contributed by atoms with Crippen molar-refractivity contribution in [2.24, 2.45) is 5.16 Å². The Bertz CT molecular complexity index is 1170. The number of imide groups is 1. The van der Waals surface area contributed by atoms with E-state index in [1.807, 2.05) is 18.2 Å². The molecule has 4 rings (SSSR count). The van der Waals surface area contributed by atoms with Crippen molar-refractivity contribution >= 4 is 46.3 Å². The smallest absolute Gasteiger partial charge is 0.290 e. The van der Waals surface area contributed by atoms with Crippen LogP contribution in [0.4, 0.5) is 4.79 Å². The van der Waals surface area contributed by atoms with Gasteiger partial charge in [-0.1, -0.05) is 42.7 Å². The fourth-order valence-electron chi connectivity index (χ4n) is 4.11. The zero-order valence-electron chi connectivity index (χ0n) is 17.8. The highest BCUT2D eigenvalue weighted by Gasteiger charge is 2.32. The molecule has 1 aliphatic heterocycles. The minimum absolute atomic E-state index is 0.0427. The molecule has 1 fully saturated rings. The molecule has 160 valence electrons. The number of carbonyl (C=O) groups excluding carboxylic acids is 2. The van der Waals surface area contributed by atoms with E-state index in [0.29, 0.717) is 9.93 Å². The van der Waals surface area contributed by atoms with Crippen molar-refractivity contribution in [2.75, 3.05) is 7.11 Å². The number of nitrogens with zero attached hydrogens (tertiary/aromatic N) is 1. The van der Waals surface area contributed by atoms with E-state index in [-0.39, 0.29) is 16.6 Å². The molecular weight excluding hydrogens is 432 g/mol. The average molecular weight is 455 g/mol. The molecule has 1 N–H and O–H groups in total. The third-order valence-corrected chi connectivity index (χ3v) is 6.95. The summed E-state index contributed by atoms with van der Waals surface area (Å²) in [6, 6.07) is 9.96. The van der Waals surface area contributed by atoms with Crippen molar-refractivity contribution in [2.45, 2.75) is 39.0 Å². The second kappa shape index (κ2) is 8.17. The number of amides is 2. The number of nitrogens with one attached hydrogen (secondary N) is 1. The molecule has 7 heteroatoms. The van der Waals surface area contributed by atoms with E-state index >= 15 is 0 Å². The van der Waals surface area contributed by atoms with Crippen molar-refractivity contribution in [3.05, 3.63) is 62.5 Å². The number of carbonyl (C=O) groups is 2. The largest absolute Gasteiger partial charge is 0.399 e.